The molecule has 1 amide bonds. The summed E-state index contributed by atoms with van der Waals surface area (Å²) in [6, 6.07) is 8.88. The number of fused-ring (bicyclic) bond motifs is 1. The summed E-state index contributed by atoms with van der Waals surface area (Å²) in [7, 11) is 0. The molecule has 4 saturated carbocycles. The second kappa shape index (κ2) is 5.84. The Bertz CT molecular complexity index is 685. The molecule has 4 bridgehead atoms. The van der Waals surface area contributed by atoms with Gasteiger partial charge in [0, 0.05) is 10.7 Å². The van der Waals surface area contributed by atoms with Gasteiger partial charge in [-0.2, -0.15) is 0 Å². The van der Waals surface area contributed by atoms with Gasteiger partial charge in [0.15, 0.2) is 0 Å². The fourth-order valence-corrected chi connectivity index (χ4v) is 8.54. The smallest absolute Gasteiger partial charge is 0.221 e. The highest BCUT2D eigenvalue weighted by molar-refractivity contribution is 9.10. The van der Waals surface area contributed by atoms with Gasteiger partial charge in [-0.1, -0.05) is 40.2 Å². The second-order valence-electron chi connectivity index (χ2n) is 9.50. The van der Waals surface area contributed by atoms with Crippen molar-refractivity contribution >= 4 is 21.8 Å². The van der Waals surface area contributed by atoms with E-state index in [1.807, 2.05) is 0 Å². The predicted molar refractivity (Wildman–Crippen MR) is 104 cm³/mol. The molecule has 134 valence electrons. The van der Waals surface area contributed by atoms with E-state index >= 15 is 0 Å². The zero-order valence-corrected chi connectivity index (χ0v) is 16.5. The molecule has 1 N–H and O–H groups in total. The predicted octanol–water partition coefficient (Wildman–Crippen LogP) is 5.30. The lowest BCUT2D eigenvalue weighted by Gasteiger charge is -2.60. The summed E-state index contributed by atoms with van der Waals surface area (Å²) in [5, 5.41) is 3.41. The third kappa shape index (κ3) is 2.97. The van der Waals surface area contributed by atoms with Crippen LogP contribution in [0.25, 0.3) is 0 Å². The van der Waals surface area contributed by atoms with Crippen molar-refractivity contribution in [3.8, 4) is 0 Å². The van der Waals surface area contributed by atoms with Gasteiger partial charge >= 0.3 is 0 Å². The van der Waals surface area contributed by atoms with Gasteiger partial charge < -0.3 is 5.32 Å². The van der Waals surface area contributed by atoms with Crippen LogP contribution < -0.4 is 5.32 Å². The number of amides is 1. The van der Waals surface area contributed by atoms with Crippen LogP contribution in [0.4, 0.5) is 0 Å². The van der Waals surface area contributed by atoms with Gasteiger partial charge in [0.2, 0.25) is 5.91 Å². The first kappa shape index (κ1) is 16.4. The first-order chi connectivity index (χ1) is 12.0. The van der Waals surface area contributed by atoms with Crippen molar-refractivity contribution in [2.75, 3.05) is 0 Å². The Morgan fingerprint density at radius 1 is 1.16 bits per heavy atom. The van der Waals surface area contributed by atoms with Crippen LogP contribution in [0.5, 0.6) is 0 Å². The molecule has 25 heavy (non-hydrogen) atoms. The zero-order chi connectivity index (χ0) is 17.1. The van der Waals surface area contributed by atoms with E-state index in [1.54, 1.807) is 0 Å². The first-order valence-electron chi connectivity index (χ1n) is 10.1. The largest absolute Gasteiger partial charge is 0.349 e. The summed E-state index contributed by atoms with van der Waals surface area (Å²) in [5.74, 6) is 1.99. The van der Waals surface area contributed by atoms with Crippen LogP contribution in [0.2, 0.25) is 0 Å². The summed E-state index contributed by atoms with van der Waals surface area (Å²) >= 11 is 4.07. The summed E-state index contributed by atoms with van der Waals surface area (Å²) < 4.78 is 0.342. The Morgan fingerprint density at radius 2 is 1.92 bits per heavy atom. The van der Waals surface area contributed by atoms with Crippen molar-refractivity contribution < 1.29 is 4.79 Å². The van der Waals surface area contributed by atoms with Crippen LogP contribution in [0.1, 0.15) is 75.0 Å². The Kier molecular flexibility index (Phi) is 3.82. The van der Waals surface area contributed by atoms with Crippen LogP contribution in [-0.4, -0.2) is 10.2 Å². The van der Waals surface area contributed by atoms with Gasteiger partial charge in [0.1, 0.15) is 0 Å². The molecular weight excluding hydrogens is 374 g/mol. The van der Waals surface area contributed by atoms with Gasteiger partial charge in [-0.15, -0.1) is 0 Å². The number of carbonyl (C=O) groups excluding carboxylic acids is 1. The fourth-order valence-electron chi connectivity index (χ4n) is 7.03. The van der Waals surface area contributed by atoms with E-state index in [0.29, 0.717) is 10.2 Å². The maximum Gasteiger partial charge on any atom is 0.221 e. The normalized spacial score (nSPS) is 41.4. The molecule has 5 aliphatic carbocycles. The standard InChI is InChI=1S/C22H28BrNO/c23-22-11-15-8-16(12-22)10-21(9-15,14-22)13-20(25)24-19-7-3-5-17-4-1-2-6-18(17)19/h1-2,4,6,15-16,19H,3,5,7-14H2,(H,24,25)/t15-,16+,19-,21?,22?/m1/s1. The Hall–Kier alpha value is -0.830. The number of benzene rings is 1. The average molecular weight is 402 g/mol. The number of halogens is 1. The molecule has 3 heteroatoms. The summed E-state index contributed by atoms with van der Waals surface area (Å²) in [6.07, 6.45) is 12.0. The Balaban J connectivity index is 1.30. The number of hydrogen-bond acceptors (Lipinski definition) is 1. The maximum absolute atomic E-state index is 13.0. The average Bonchev–Trinajstić information content (AvgIpc) is 2.52. The monoisotopic (exact) mass is 401 g/mol. The minimum Gasteiger partial charge on any atom is -0.349 e. The van der Waals surface area contributed by atoms with Crippen LogP contribution in [0, 0.1) is 17.3 Å². The third-order valence-corrected chi connectivity index (χ3v) is 8.28. The van der Waals surface area contributed by atoms with Crippen molar-refractivity contribution in [3.63, 3.8) is 0 Å². The molecule has 1 aromatic rings. The van der Waals surface area contributed by atoms with E-state index in [1.165, 1.54) is 56.1 Å². The molecule has 0 saturated heterocycles. The number of hydrogen-bond donors (Lipinski definition) is 1. The summed E-state index contributed by atoms with van der Waals surface area (Å²) in [4.78, 5) is 13.0. The highest BCUT2D eigenvalue weighted by Crippen LogP contribution is 2.65. The van der Waals surface area contributed by atoms with E-state index in [-0.39, 0.29) is 11.5 Å². The SMILES string of the molecule is O=C(CC12C[C@@H]3C[C@@H](CC(Br)(C3)C1)C2)N[C@@H]1CCCc2ccccc21. The molecule has 0 aliphatic heterocycles. The molecule has 5 atom stereocenters. The van der Waals surface area contributed by atoms with Gasteiger partial charge in [0.05, 0.1) is 6.04 Å². The van der Waals surface area contributed by atoms with Crippen LogP contribution >= 0.6 is 15.9 Å². The minimum absolute atomic E-state index is 0.226. The van der Waals surface area contributed by atoms with Crippen LogP contribution in [0.3, 0.4) is 0 Å². The first-order valence-corrected chi connectivity index (χ1v) is 10.9. The summed E-state index contributed by atoms with van der Waals surface area (Å²) in [5.41, 5.74) is 3.05. The topological polar surface area (TPSA) is 29.1 Å². The van der Waals surface area contributed by atoms with E-state index in [4.69, 9.17) is 0 Å². The molecule has 4 fully saturated rings. The Labute approximate surface area is 159 Å². The number of alkyl halides is 1. The Morgan fingerprint density at radius 3 is 2.68 bits per heavy atom. The van der Waals surface area contributed by atoms with Crippen molar-refractivity contribution in [1.82, 2.24) is 5.32 Å². The van der Waals surface area contributed by atoms with Gasteiger partial charge in [-0.3, -0.25) is 4.79 Å². The van der Waals surface area contributed by atoms with Crippen molar-refractivity contribution in [1.29, 1.82) is 0 Å². The molecule has 0 spiro atoms. The lowest BCUT2D eigenvalue weighted by Crippen LogP contribution is -2.54. The molecule has 0 aromatic heterocycles. The fraction of sp³-hybridized carbons (Fsp3) is 0.682. The molecule has 6 rings (SSSR count). The molecule has 5 aliphatic rings. The highest BCUT2D eigenvalue weighted by atomic mass is 79.9. The van der Waals surface area contributed by atoms with Crippen molar-refractivity contribution in [3.05, 3.63) is 35.4 Å². The maximum atomic E-state index is 13.0. The van der Waals surface area contributed by atoms with Crippen LogP contribution in [0.15, 0.2) is 24.3 Å². The zero-order valence-electron chi connectivity index (χ0n) is 14.9. The molecular formula is C22H28BrNO. The molecule has 0 heterocycles. The minimum atomic E-state index is 0.226. The van der Waals surface area contributed by atoms with Crippen molar-refractivity contribution in [2.45, 2.75) is 74.6 Å². The van der Waals surface area contributed by atoms with Crippen molar-refractivity contribution in [2.24, 2.45) is 17.3 Å². The lowest BCUT2D eigenvalue weighted by molar-refractivity contribution is -0.129. The molecule has 0 radical (unpaired) electrons. The van der Waals surface area contributed by atoms with E-state index in [2.05, 4.69) is 45.5 Å². The number of carbonyl (C=O) groups is 1. The molecule has 2 unspecified atom stereocenters. The number of nitrogens with one attached hydrogen (secondary N) is 1. The summed E-state index contributed by atoms with van der Waals surface area (Å²) in [6.45, 7) is 0. The number of aryl methyl sites for hydroxylation is 1. The van der Waals surface area contributed by atoms with Gasteiger partial charge in [0.25, 0.3) is 0 Å². The highest BCUT2D eigenvalue weighted by Gasteiger charge is 2.57. The van der Waals surface area contributed by atoms with E-state index in [9.17, 15) is 4.79 Å². The quantitative estimate of drug-likeness (QED) is 0.683. The van der Waals surface area contributed by atoms with E-state index in [0.717, 1.165) is 31.1 Å². The molecule has 2 nitrogen and oxygen atoms in total. The lowest BCUT2D eigenvalue weighted by atomic mass is 9.48. The molecule has 1 aromatic carbocycles. The van der Waals surface area contributed by atoms with Gasteiger partial charge in [-0.25, -0.2) is 0 Å². The van der Waals surface area contributed by atoms with Crippen LogP contribution in [-0.2, 0) is 11.2 Å². The number of rotatable bonds is 3. The second-order valence-corrected chi connectivity index (χ2v) is 11.2. The van der Waals surface area contributed by atoms with Gasteiger partial charge in [-0.05, 0) is 86.2 Å². The third-order valence-electron chi connectivity index (χ3n) is 7.35. The van der Waals surface area contributed by atoms with E-state index < -0.39 is 0 Å².